The van der Waals surface area contributed by atoms with Crippen molar-refractivity contribution < 1.29 is 5.11 Å². The minimum absolute atomic E-state index is 0.160. The molecule has 0 aliphatic heterocycles. The summed E-state index contributed by atoms with van der Waals surface area (Å²) in [7, 11) is 0. The average Bonchev–Trinajstić information content (AvgIpc) is 2.46. The van der Waals surface area contributed by atoms with Gasteiger partial charge in [-0.05, 0) is 37.3 Å². The molecule has 1 heterocycles. The maximum absolute atomic E-state index is 9.81. The van der Waals surface area contributed by atoms with E-state index >= 15 is 0 Å². The van der Waals surface area contributed by atoms with E-state index in [2.05, 4.69) is 9.97 Å². The highest BCUT2D eigenvalue weighted by Crippen LogP contribution is 2.36. The molecule has 0 aliphatic rings. The van der Waals surface area contributed by atoms with E-state index < -0.39 is 0 Å². The Morgan fingerprint density at radius 1 is 1.00 bits per heavy atom. The van der Waals surface area contributed by atoms with E-state index in [-0.39, 0.29) is 5.75 Å². The van der Waals surface area contributed by atoms with E-state index in [1.54, 1.807) is 37.3 Å². The molecule has 2 aromatic carbocycles. The SMILES string of the molecule is Cc1nc(N)cc(N(c2cccc(O)c2)c2cccc(Cl)c2)n1. The van der Waals surface area contributed by atoms with Crippen LogP contribution in [0.15, 0.2) is 54.6 Å². The lowest BCUT2D eigenvalue weighted by Gasteiger charge is -2.24. The molecular formula is C17H15ClN4O. The van der Waals surface area contributed by atoms with Gasteiger partial charge in [-0.2, -0.15) is 0 Å². The zero-order valence-electron chi connectivity index (χ0n) is 12.4. The minimum atomic E-state index is 0.160. The minimum Gasteiger partial charge on any atom is -0.508 e. The lowest BCUT2D eigenvalue weighted by Crippen LogP contribution is -2.13. The lowest BCUT2D eigenvalue weighted by molar-refractivity contribution is 0.475. The van der Waals surface area contributed by atoms with Gasteiger partial charge in [0, 0.05) is 22.8 Å². The van der Waals surface area contributed by atoms with E-state index in [9.17, 15) is 5.11 Å². The molecule has 0 spiro atoms. The van der Waals surface area contributed by atoms with Crippen LogP contribution in [0.5, 0.6) is 5.75 Å². The molecule has 0 aliphatic carbocycles. The molecule has 0 saturated heterocycles. The van der Waals surface area contributed by atoms with Gasteiger partial charge in [-0.3, -0.25) is 4.90 Å². The smallest absolute Gasteiger partial charge is 0.143 e. The van der Waals surface area contributed by atoms with E-state index in [1.165, 1.54) is 0 Å². The van der Waals surface area contributed by atoms with Gasteiger partial charge in [-0.15, -0.1) is 0 Å². The van der Waals surface area contributed by atoms with E-state index in [0.29, 0.717) is 22.5 Å². The summed E-state index contributed by atoms with van der Waals surface area (Å²) in [4.78, 5) is 10.4. The van der Waals surface area contributed by atoms with Crippen LogP contribution in [0.2, 0.25) is 5.02 Å². The summed E-state index contributed by atoms with van der Waals surface area (Å²) in [6.07, 6.45) is 0. The van der Waals surface area contributed by atoms with Gasteiger partial charge in [-0.1, -0.05) is 23.7 Å². The Labute approximate surface area is 139 Å². The maximum atomic E-state index is 9.81. The normalized spacial score (nSPS) is 10.5. The van der Waals surface area contributed by atoms with Crippen molar-refractivity contribution in [2.45, 2.75) is 6.92 Å². The van der Waals surface area contributed by atoms with Crippen LogP contribution in [0.4, 0.5) is 23.0 Å². The first-order valence-electron chi connectivity index (χ1n) is 6.99. The van der Waals surface area contributed by atoms with Crippen molar-refractivity contribution >= 4 is 34.6 Å². The highest BCUT2D eigenvalue weighted by Gasteiger charge is 2.15. The summed E-state index contributed by atoms with van der Waals surface area (Å²) in [5, 5.41) is 10.4. The van der Waals surface area contributed by atoms with Gasteiger partial charge in [0.15, 0.2) is 0 Å². The number of aryl methyl sites for hydroxylation is 1. The summed E-state index contributed by atoms with van der Waals surface area (Å²) < 4.78 is 0. The van der Waals surface area contributed by atoms with Crippen LogP contribution in [-0.2, 0) is 0 Å². The molecule has 0 fully saturated rings. The number of hydrogen-bond donors (Lipinski definition) is 2. The number of phenolic OH excluding ortho intramolecular Hbond substituents is 1. The molecular weight excluding hydrogens is 312 g/mol. The molecule has 1 aromatic heterocycles. The first kappa shape index (κ1) is 15.1. The number of rotatable bonds is 3. The van der Waals surface area contributed by atoms with Gasteiger partial charge in [0.25, 0.3) is 0 Å². The fourth-order valence-electron chi connectivity index (χ4n) is 2.35. The molecule has 0 radical (unpaired) electrons. The predicted octanol–water partition coefficient (Wildman–Crippen LogP) is 4.20. The Balaban J connectivity index is 2.21. The number of hydrogen-bond acceptors (Lipinski definition) is 5. The Morgan fingerprint density at radius 2 is 1.70 bits per heavy atom. The van der Waals surface area contributed by atoms with Crippen molar-refractivity contribution in [1.82, 2.24) is 9.97 Å². The van der Waals surface area contributed by atoms with E-state index in [4.69, 9.17) is 17.3 Å². The summed E-state index contributed by atoms with van der Waals surface area (Å²) in [5.74, 6) is 1.70. The second-order valence-corrected chi connectivity index (χ2v) is 5.47. The fourth-order valence-corrected chi connectivity index (χ4v) is 2.53. The van der Waals surface area contributed by atoms with Crippen molar-refractivity contribution in [1.29, 1.82) is 0 Å². The van der Waals surface area contributed by atoms with Crippen molar-refractivity contribution in [2.24, 2.45) is 0 Å². The first-order chi connectivity index (χ1) is 11.0. The number of phenols is 1. The average molecular weight is 327 g/mol. The number of nitrogens with two attached hydrogens (primary N) is 1. The number of anilines is 4. The van der Waals surface area contributed by atoms with Crippen LogP contribution in [0, 0.1) is 6.92 Å². The Morgan fingerprint density at radius 3 is 2.35 bits per heavy atom. The summed E-state index contributed by atoms with van der Waals surface area (Å²) in [5.41, 5.74) is 7.41. The zero-order chi connectivity index (χ0) is 16.4. The highest BCUT2D eigenvalue weighted by atomic mass is 35.5. The van der Waals surface area contributed by atoms with Crippen molar-refractivity contribution in [3.05, 3.63) is 65.4 Å². The molecule has 0 bridgehead atoms. The Hall–Kier alpha value is -2.79. The molecule has 3 N–H and O–H groups in total. The van der Waals surface area contributed by atoms with E-state index in [1.807, 2.05) is 29.2 Å². The third-order valence-corrected chi connectivity index (χ3v) is 3.46. The van der Waals surface area contributed by atoms with Crippen LogP contribution < -0.4 is 10.6 Å². The molecule has 3 aromatic rings. The Bertz CT molecular complexity index is 788. The van der Waals surface area contributed by atoms with Crippen LogP contribution in [-0.4, -0.2) is 15.1 Å². The molecule has 5 nitrogen and oxygen atoms in total. The standard InChI is InChI=1S/C17H15ClN4O/c1-11-20-16(19)10-17(21-11)22(13-5-2-4-12(18)8-13)14-6-3-7-15(23)9-14/h2-10,23H,1H3,(H2,19,20,21). The van der Waals surface area contributed by atoms with Crippen molar-refractivity contribution in [2.75, 3.05) is 10.6 Å². The van der Waals surface area contributed by atoms with Gasteiger partial charge in [0.05, 0.1) is 5.69 Å². The molecule has 3 rings (SSSR count). The first-order valence-corrected chi connectivity index (χ1v) is 7.36. The Kier molecular flexibility index (Phi) is 4.04. The van der Waals surface area contributed by atoms with Gasteiger partial charge in [0.1, 0.15) is 23.2 Å². The predicted molar refractivity (Wildman–Crippen MR) is 92.5 cm³/mol. The van der Waals surface area contributed by atoms with E-state index in [0.717, 1.165) is 11.4 Å². The third kappa shape index (κ3) is 3.35. The quantitative estimate of drug-likeness (QED) is 0.754. The molecule has 0 amide bonds. The van der Waals surface area contributed by atoms with Gasteiger partial charge >= 0.3 is 0 Å². The van der Waals surface area contributed by atoms with Crippen LogP contribution in [0.25, 0.3) is 0 Å². The van der Waals surface area contributed by atoms with Crippen LogP contribution in [0.1, 0.15) is 5.82 Å². The zero-order valence-corrected chi connectivity index (χ0v) is 13.2. The highest BCUT2D eigenvalue weighted by molar-refractivity contribution is 6.30. The molecule has 23 heavy (non-hydrogen) atoms. The molecule has 6 heteroatoms. The van der Waals surface area contributed by atoms with Crippen molar-refractivity contribution in [3.8, 4) is 5.75 Å². The van der Waals surface area contributed by atoms with Crippen molar-refractivity contribution in [3.63, 3.8) is 0 Å². The van der Waals surface area contributed by atoms with Gasteiger partial charge in [0.2, 0.25) is 0 Å². The number of aromatic nitrogens is 2. The second-order valence-electron chi connectivity index (χ2n) is 5.03. The monoisotopic (exact) mass is 326 g/mol. The second kappa shape index (κ2) is 6.14. The molecule has 116 valence electrons. The molecule has 0 unspecified atom stereocenters. The number of nitrogen functional groups attached to an aromatic ring is 1. The fraction of sp³-hybridized carbons (Fsp3) is 0.0588. The molecule has 0 atom stereocenters. The number of aromatic hydroxyl groups is 1. The maximum Gasteiger partial charge on any atom is 0.143 e. The molecule has 0 saturated carbocycles. The summed E-state index contributed by atoms with van der Waals surface area (Å²) in [6, 6.07) is 15.9. The number of halogens is 1. The van der Waals surface area contributed by atoms with Gasteiger partial charge in [-0.25, -0.2) is 9.97 Å². The summed E-state index contributed by atoms with van der Waals surface area (Å²) >= 11 is 6.12. The topological polar surface area (TPSA) is 75.3 Å². The third-order valence-electron chi connectivity index (χ3n) is 3.23. The largest absolute Gasteiger partial charge is 0.508 e. The number of benzene rings is 2. The van der Waals surface area contributed by atoms with Crippen LogP contribution >= 0.6 is 11.6 Å². The van der Waals surface area contributed by atoms with Crippen LogP contribution in [0.3, 0.4) is 0 Å². The lowest BCUT2D eigenvalue weighted by atomic mass is 10.2. The number of nitrogens with zero attached hydrogens (tertiary/aromatic N) is 3. The summed E-state index contributed by atoms with van der Waals surface area (Å²) in [6.45, 7) is 1.78. The van der Waals surface area contributed by atoms with Gasteiger partial charge < -0.3 is 10.8 Å².